The number of benzene rings is 2. The van der Waals surface area contributed by atoms with Gasteiger partial charge in [0.25, 0.3) is 0 Å². The second-order valence-corrected chi connectivity index (χ2v) is 5.54. The van der Waals surface area contributed by atoms with Gasteiger partial charge in [-0.3, -0.25) is 15.4 Å². The Morgan fingerprint density at radius 3 is 2.44 bits per heavy atom. The average molecular weight is 364 g/mol. The Balaban J connectivity index is 2.58. The molecule has 0 aliphatic heterocycles. The van der Waals surface area contributed by atoms with Crippen molar-refractivity contribution in [2.75, 3.05) is 0 Å². The summed E-state index contributed by atoms with van der Waals surface area (Å²) in [5.74, 6) is -2.49. The van der Waals surface area contributed by atoms with Crippen molar-refractivity contribution in [3.05, 3.63) is 70.0 Å². The van der Waals surface area contributed by atoms with Gasteiger partial charge in [0.15, 0.2) is 11.6 Å². The van der Waals surface area contributed by atoms with Crippen LogP contribution in [0.3, 0.4) is 0 Å². The number of phenols is 1. The van der Waals surface area contributed by atoms with Gasteiger partial charge in [0.05, 0.1) is 17.2 Å². The lowest BCUT2D eigenvalue weighted by atomic mass is 9.95. The molecule has 0 aromatic heterocycles. The largest absolute Gasteiger partial charge is 0.504 e. The van der Waals surface area contributed by atoms with E-state index in [1.54, 1.807) is 30.3 Å². The zero-order chi connectivity index (χ0) is 18.6. The molecule has 0 saturated carbocycles. The Morgan fingerprint density at radius 2 is 1.88 bits per heavy atom. The van der Waals surface area contributed by atoms with Crippen molar-refractivity contribution in [1.29, 1.82) is 5.41 Å². The van der Waals surface area contributed by atoms with E-state index in [1.807, 2.05) is 0 Å². The second kappa shape index (κ2) is 7.78. The molecule has 0 aliphatic carbocycles. The van der Waals surface area contributed by atoms with Crippen LogP contribution in [-0.2, 0) is 4.79 Å². The van der Waals surface area contributed by atoms with Crippen LogP contribution in [0, 0.1) is 11.2 Å². The van der Waals surface area contributed by atoms with Crippen LogP contribution in [0.2, 0.25) is 5.02 Å². The Kier molecular flexibility index (Phi) is 5.74. The zero-order valence-corrected chi connectivity index (χ0v) is 13.6. The normalized spacial score (nSPS) is 11.6. The summed E-state index contributed by atoms with van der Waals surface area (Å²) >= 11 is 5.76. The van der Waals surface area contributed by atoms with Crippen molar-refractivity contribution in [2.45, 2.75) is 6.42 Å². The molecule has 2 aromatic carbocycles. The Bertz CT molecular complexity index is 830. The maximum Gasteiger partial charge on any atom is 0.247 e. The van der Waals surface area contributed by atoms with E-state index in [1.165, 1.54) is 11.5 Å². The number of hydrogen-bond acceptors (Lipinski definition) is 5. The van der Waals surface area contributed by atoms with Crippen molar-refractivity contribution in [2.24, 2.45) is 5.73 Å². The number of phenolic OH excluding ortho intramolecular Hbond substituents is 1. The highest BCUT2D eigenvalue weighted by Gasteiger charge is 2.19. The van der Waals surface area contributed by atoms with E-state index in [4.69, 9.17) is 28.0 Å². The van der Waals surface area contributed by atoms with Crippen LogP contribution in [0.25, 0.3) is 5.70 Å². The van der Waals surface area contributed by atoms with Gasteiger partial charge in [-0.15, -0.1) is 0 Å². The lowest BCUT2D eigenvalue weighted by Gasteiger charge is -2.14. The molecule has 1 amide bonds. The molecular weight excluding hydrogens is 349 g/mol. The van der Waals surface area contributed by atoms with E-state index in [0.717, 1.165) is 6.07 Å². The molecule has 0 fully saturated rings. The molecule has 2 rings (SSSR count). The van der Waals surface area contributed by atoms with Gasteiger partial charge in [-0.25, -0.2) is 9.87 Å². The van der Waals surface area contributed by atoms with Crippen molar-refractivity contribution in [3.8, 4) is 5.75 Å². The minimum Gasteiger partial charge on any atom is -0.504 e. The number of rotatable bonds is 5. The number of carbonyl (C=O) groups excluding carboxylic acids is 1. The van der Waals surface area contributed by atoms with Crippen LogP contribution in [0.5, 0.6) is 5.75 Å². The fourth-order valence-electron chi connectivity index (χ4n) is 2.19. The Hall–Kier alpha value is -2.90. The summed E-state index contributed by atoms with van der Waals surface area (Å²) in [5, 5.41) is 26.2. The summed E-state index contributed by atoms with van der Waals surface area (Å²) < 4.78 is 13.7. The van der Waals surface area contributed by atoms with Gasteiger partial charge in [-0.1, -0.05) is 41.9 Å². The summed E-state index contributed by atoms with van der Waals surface area (Å²) in [6, 6.07) is 10.7. The van der Waals surface area contributed by atoms with Crippen molar-refractivity contribution in [3.63, 3.8) is 0 Å². The number of nitrogens with two attached hydrogens (primary N) is 1. The first-order chi connectivity index (χ1) is 11.8. The molecule has 0 radical (unpaired) electrons. The predicted octanol–water partition coefficient (Wildman–Crippen LogP) is 2.82. The fourth-order valence-corrected chi connectivity index (χ4v) is 2.40. The fraction of sp³-hybridized carbons (Fsp3) is 0.0588. The number of carbonyl (C=O) groups is 1. The number of halogens is 2. The lowest BCUT2D eigenvalue weighted by molar-refractivity contribution is -0.128. The van der Waals surface area contributed by atoms with E-state index in [2.05, 4.69) is 0 Å². The van der Waals surface area contributed by atoms with E-state index in [-0.39, 0.29) is 27.6 Å². The van der Waals surface area contributed by atoms with Gasteiger partial charge in [0.1, 0.15) is 0 Å². The van der Waals surface area contributed by atoms with Crippen LogP contribution in [0.1, 0.15) is 17.5 Å². The molecule has 0 bridgehead atoms. The molecule has 0 atom stereocenters. The predicted molar refractivity (Wildman–Crippen MR) is 92.0 cm³/mol. The summed E-state index contributed by atoms with van der Waals surface area (Å²) in [6.07, 6.45) is -0.407. The number of hydrogen-bond donors (Lipinski definition) is 5. The highest BCUT2D eigenvalue weighted by atomic mass is 35.5. The van der Waals surface area contributed by atoms with E-state index >= 15 is 0 Å². The zero-order valence-electron chi connectivity index (χ0n) is 12.9. The van der Waals surface area contributed by atoms with Gasteiger partial charge < -0.3 is 10.8 Å². The van der Waals surface area contributed by atoms with Crippen LogP contribution in [-0.4, -0.2) is 21.9 Å². The number of nitrogens with one attached hydrogen (secondary N) is 2. The summed E-state index contributed by atoms with van der Waals surface area (Å²) in [6.45, 7) is 0. The molecule has 8 heteroatoms. The summed E-state index contributed by atoms with van der Waals surface area (Å²) in [4.78, 5) is 11.6. The van der Waals surface area contributed by atoms with Crippen LogP contribution < -0.4 is 11.2 Å². The van der Waals surface area contributed by atoms with E-state index in [9.17, 15) is 14.3 Å². The number of amides is 1. The molecule has 0 heterocycles. The van der Waals surface area contributed by atoms with E-state index < -0.39 is 23.9 Å². The second-order valence-electron chi connectivity index (χ2n) is 5.13. The van der Waals surface area contributed by atoms with Gasteiger partial charge in [0, 0.05) is 16.8 Å². The molecular formula is C17H15ClFN3O3. The molecule has 0 saturated heterocycles. The highest BCUT2D eigenvalue weighted by Crippen LogP contribution is 2.31. The lowest BCUT2D eigenvalue weighted by Crippen LogP contribution is -2.23. The molecule has 2 aromatic rings. The first-order valence-corrected chi connectivity index (χ1v) is 7.47. The smallest absolute Gasteiger partial charge is 0.247 e. The molecule has 6 nitrogen and oxygen atoms in total. The molecule has 6 N–H and O–H groups in total. The van der Waals surface area contributed by atoms with Crippen LogP contribution in [0.15, 0.2) is 48.0 Å². The molecule has 0 unspecified atom stereocenters. The average Bonchev–Trinajstić information content (AvgIpc) is 2.63. The first-order valence-electron chi connectivity index (χ1n) is 7.09. The first kappa shape index (κ1) is 18.4. The summed E-state index contributed by atoms with van der Waals surface area (Å²) in [7, 11) is 0. The molecule has 130 valence electrons. The van der Waals surface area contributed by atoms with Gasteiger partial charge >= 0.3 is 0 Å². The van der Waals surface area contributed by atoms with Gasteiger partial charge in [-0.2, -0.15) is 0 Å². The van der Waals surface area contributed by atoms with Crippen molar-refractivity contribution >= 4 is 28.9 Å². The Morgan fingerprint density at radius 1 is 1.24 bits per heavy atom. The Labute approximate surface area is 147 Å². The third-order valence-electron chi connectivity index (χ3n) is 3.48. The van der Waals surface area contributed by atoms with Crippen molar-refractivity contribution < 1.29 is 19.5 Å². The minimum absolute atomic E-state index is 0.0636. The number of aromatic hydroxyl groups is 1. The SMILES string of the molecule is N=C(C(CC(=O)NO)=C(N)c1cc(F)c(O)c(Cl)c1)c1ccccc1. The highest BCUT2D eigenvalue weighted by molar-refractivity contribution is 6.32. The maximum atomic E-state index is 13.7. The van der Waals surface area contributed by atoms with Crippen LogP contribution in [0.4, 0.5) is 4.39 Å². The standard InChI is InChI=1S/C17H15ClFN3O3/c18-12-6-10(7-13(19)17(12)24)16(21)11(8-14(23)22-25)15(20)9-4-2-1-3-5-9/h1-7,20,24-25H,8,21H2,(H,22,23). The van der Waals surface area contributed by atoms with Gasteiger partial charge in [-0.05, 0) is 17.7 Å². The molecule has 0 spiro atoms. The van der Waals surface area contributed by atoms with E-state index in [0.29, 0.717) is 5.56 Å². The third-order valence-corrected chi connectivity index (χ3v) is 3.77. The quantitative estimate of drug-likeness (QED) is 0.319. The minimum atomic E-state index is -0.984. The molecule has 25 heavy (non-hydrogen) atoms. The van der Waals surface area contributed by atoms with Crippen molar-refractivity contribution in [1.82, 2.24) is 5.48 Å². The maximum absolute atomic E-state index is 13.7. The number of hydroxylamine groups is 1. The monoisotopic (exact) mass is 363 g/mol. The summed E-state index contributed by atoms with van der Waals surface area (Å²) in [5.41, 5.74) is 8.03. The van der Waals surface area contributed by atoms with Crippen LogP contribution >= 0.6 is 11.6 Å². The third kappa shape index (κ3) is 4.14. The van der Waals surface area contributed by atoms with Gasteiger partial charge in [0.2, 0.25) is 5.91 Å². The molecule has 0 aliphatic rings. The topological polar surface area (TPSA) is 119 Å².